The van der Waals surface area contributed by atoms with E-state index in [4.69, 9.17) is 10.5 Å². The number of carboxylic acids is 1. The van der Waals surface area contributed by atoms with E-state index in [1.807, 2.05) is 0 Å². The number of nitrogens with one attached hydrogen (secondary N) is 1. The molecule has 1 atom stereocenters. The van der Waals surface area contributed by atoms with Gasteiger partial charge in [0.15, 0.2) is 12.1 Å². The highest BCUT2D eigenvalue weighted by molar-refractivity contribution is 5.96. The molecule has 10 heteroatoms. The van der Waals surface area contributed by atoms with Crippen LogP contribution in [0.5, 0.6) is 5.75 Å². The molecule has 2 rings (SSSR count). The first kappa shape index (κ1) is 24.4. The van der Waals surface area contributed by atoms with Gasteiger partial charge in [0.05, 0.1) is 5.56 Å². The van der Waals surface area contributed by atoms with Crippen LogP contribution >= 0.6 is 0 Å². The standard InChI is InChI=1S/C21H32N4O6/c1-20(2)21(3,4)25(30)18(24(20)29)14-8-10-15(11-9-14)31-13-17(26)23-16(19(27)28)7-5-6-12-22/h8-11,16,29H,5-7,12-13,22H2,1-4H3,(H,23,26)(H,27,28)/t16-/m0/s1. The number of unbranched alkanes of at least 4 members (excludes halogenated alkanes) is 1. The predicted molar refractivity (Wildman–Crippen MR) is 114 cm³/mol. The van der Waals surface area contributed by atoms with Crippen LogP contribution in [-0.2, 0) is 9.59 Å². The minimum atomic E-state index is -1.11. The van der Waals surface area contributed by atoms with Gasteiger partial charge in [-0.05, 0) is 77.8 Å². The van der Waals surface area contributed by atoms with E-state index in [0.29, 0.717) is 37.1 Å². The molecule has 1 aliphatic rings. The van der Waals surface area contributed by atoms with Crippen LogP contribution in [0.4, 0.5) is 0 Å². The molecule has 172 valence electrons. The summed E-state index contributed by atoms with van der Waals surface area (Å²) in [6.07, 6.45) is 1.57. The van der Waals surface area contributed by atoms with Gasteiger partial charge < -0.3 is 26.1 Å². The first-order valence-corrected chi connectivity index (χ1v) is 10.2. The van der Waals surface area contributed by atoms with E-state index in [-0.39, 0.29) is 12.4 Å². The number of hydrogen-bond acceptors (Lipinski definition) is 7. The maximum atomic E-state index is 12.7. The number of benzene rings is 1. The summed E-state index contributed by atoms with van der Waals surface area (Å²) in [5.41, 5.74) is 4.25. The summed E-state index contributed by atoms with van der Waals surface area (Å²) in [5, 5.41) is 35.9. The van der Waals surface area contributed by atoms with Gasteiger partial charge in [0, 0.05) is 0 Å². The Kier molecular flexibility index (Phi) is 7.50. The molecular weight excluding hydrogens is 404 g/mol. The lowest BCUT2D eigenvalue weighted by molar-refractivity contribution is -0.539. The van der Waals surface area contributed by atoms with Crippen molar-refractivity contribution in [3.8, 4) is 5.75 Å². The second kappa shape index (κ2) is 9.52. The highest BCUT2D eigenvalue weighted by atomic mass is 16.5. The fourth-order valence-electron chi connectivity index (χ4n) is 3.20. The SMILES string of the molecule is CC1(C)N(O)C(c2ccc(OCC(=O)N[C@@H](CCCCN)C(=O)O)cc2)=[N+]([O-])C1(C)C. The minimum absolute atomic E-state index is 0.126. The van der Waals surface area contributed by atoms with Crippen molar-refractivity contribution in [3.05, 3.63) is 35.0 Å². The monoisotopic (exact) mass is 436 g/mol. The van der Waals surface area contributed by atoms with E-state index in [0.717, 1.165) is 9.80 Å². The summed E-state index contributed by atoms with van der Waals surface area (Å²) in [6, 6.07) is 5.38. The molecule has 0 radical (unpaired) electrons. The van der Waals surface area contributed by atoms with E-state index < -0.39 is 29.0 Å². The average molecular weight is 437 g/mol. The second-order valence-electron chi connectivity index (χ2n) is 8.60. The van der Waals surface area contributed by atoms with Crippen LogP contribution in [0.25, 0.3) is 0 Å². The van der Waals surface area contributed by atoms with Crippen LogP contribution in [-0.4, -0.2) is 68.1 Å². The number of aliphatic carboxylic acids is 1. The van der Waals surface area contributed by atoms with Gasteiger partial charge in [-0.25, -0.2) is 10.0 Å². The first-order valence-electron chi connectivity index (χ1n) is 10.2. The predicted octanol–water partition coefficient (Wildman–Crippen LogP) is 1.28. The van der Waals surface area contributed by atoms with Crippen molar-refractivity contribution in [1.29, 1.82) is 0 Å². The van der Waals surface area contributed by atoms with Crippen LogP contribution in [0.2, 0.25) is 0 Å². The van der Waals surface area contributed by atoms with Crippen molar-refractivity contribution < 1.29 is 29.4 Å². The number of amidine groups is 1. The molecule has 0 bridgehead atoms. The molecule has 10 nitrogen and oxygen atoms in total. The van der Waals surface area contributed by atoms with Gasteiger partial charge in [0.1, 0.15) is 17.3 Å². The third kappa shape index (κ3) is 5.08. The minimum Gasteiger partial charge on any atom is -0.714 e. The van der Waals surface area contributed by atoms with E-state index in [1.54, 1.807) is 52.0 Å². The molecule has 1 aromatic carbocycles. The fourth-order valence-corrected chi connectivity index (χ4v) is 3.20. The van der Waals surface area contributed by atoms with Crippen LogP contribution in [0.15, 0.2) is 24.3 Å². The third-order valence-corrected chi connectivity index (χ3v) is 5.99. The van der Waals surface area contributed by atoms with Gasteiger partial charge >= 0.3 is 11.8 Å². The van der Waals surface area contributed by atoms with Gasteiger partial charge in [0.2, 0.25) is 0 Å². The Hall–Kier alpha value is -2.85. The third-order valence-electron chi connectivity index (χ3n) is 5.99. The van der Waals surface area contributed by atoms with Crippen LogP contribution < -0.4 is 15.8 Å². The molecule has 1 aliphatic heterocycles. The lowest BCUT2D eigenvalue weighted by Gasteiger charge is -2.33. The molecule has 0 fully saturated rings. The molecule has 0 saturated heterocycles. The Morgan fingerprint density at radius 2 is 1.84 bits per heavy atom. The molecule has 0 unspecified atom stereocenters. The second-order valence-corrected chi connectivity index (χ2v) is 8.60. The largest absolute Gasteiger partial charge is 0.714 e. The van der Waals surface area contributed by atoms with Crippen molar-refractivity contribution >= 4 is 17.7 Å². The summed E-state index contributed by atoms with van der Waals surface area (Å²) in [5.74, 6) is -1.16. The van der Waals surface area contributed by atoms with E-state index in [1.165, 1.54) is 0 Å². The summed E-state index contributed by atoms with van der Waals surface area (Å²) in [6.45, 7) is 7.18. The molecular formula is C21H32N4O6. The Morgan fingerprint density at radius 1 is 1.23 bits per heavy atom. The normalized spacial score (nSPS) is 18.1. The molecule has 5 N–H and O–H groups in total. The highest BCUT2D eigenvalue weighted by Crippen LogP contribution is 2.37. The van der Waals surface area contributed by atoms with E-state index >= 15 is 0 Å². The van der Waals surface area contributed by atoms with Crippen molar-refractivity contribution in [2.75, 3.05) is 13.2 Å². The molecule has 1 amide bonds. The Bertz CT molecular complexity index is 835. The topological polar surface area (TPSA) is 151 Å². The maximum Gasteiger partial charge on any atom is 0.326 e. The zero-order chi connectivity index (χ0) is 23.4. The van der Waals surface area contributed by atoms with Gasteiger partial charge in [-0.3, -0.25) is 9.53 Å². The number of ether oxygens (including phenoxy) is 1. The smallest absolute Gasteiger partial charge is 0.326 e. The number of carboxylic acid groups (broad SMARTS) is 1. The highest BCUT2D eigenvalue weighted by Gasteiger charge is 2.58. The molecule has 0 saturated carbocycles. The summed E-state index contributed by atoms with van der Waals surface area (Å²) >= 11 is 0. The van der Waals surface area contributed by atoms with E-state index in [9.17, 15) is 25.1 Å². The molecule has 1 heterocycles. The number of carbonyl (C=O) groups is 2. The maximum absolute atomic E-state index is 12.7. The number of hydrogen-bond donors (Lipinski definition) is 4. The summed E-state index contributed by atoms with van der Waals surface area (Å²) in [4.78, 5) is 23.3. The Morgan fingerprint density at radius 3 is 2.32 bits per heavy atom. The molecule has 0 aliphatic carbocycles. The summed E-state index contributed by atoms with van der Waals surface area (Å²) < 4.78 is 6.21. The van der Waals surface area contributed by atoms with Crippen LogP contribution in [0.3, 0.4) is 0 Å². The van der Waals surface area contributed by atoms with Crippen molar-refractivity contribution in [1.82, 2.24) is 10.4 Å². The van der Waals surface area contributed by atoms with E-state index in [2.05, 4.69) is 5.32 Å². The van der Waals surface area contributed by atoms with Crippen LogP contribution in [0, 0.1) is 5.21 Å². The zero-order valence-corrected chi connectivity index (χ0v) is 18.4. The molecule has 1 aromatic rings. The fraction of sp³-hybridized carbons (Fsp3) is 0.571. The zero-order valence-electron chi connectivity index (χ0n) is 18.4. The number of hydroxylamine groups is 3. The number of nitrogens with two attached hydrogens (primary N) is 1. The Labute approximate surface area is 181 Å². The lowest BCUT2D eigenvalue weighted by atomic mass is 9.84. The number of rotatable bonds is 10. The molecule has 0 aromatic heterocycles. The van der Waals surface area contributed by atoms with Gasteiger partial charge in [-0.2, -0.15) is 0 Å². The summed E-state index contributed by atoms with van der Waals surface area (Å²) in [7, 11) is 0. The number of amides is 1. The van der Waals surface area contributed by atoms with Crippen molar-refractivity contribution in [2.24, 2.45) is 5.73 Å². The van der Waals surface area contributed by atoms with Gasteiger partial charge in [0.25, 0.3) is 5.91 Å². The van der Waals surface area contributed by atoms with Gasteiger partial charge in [-0.15, -0.1) is 5.06 Å². The Balaban J connectivity index is 2.00. The van der Waals surface area contributed by atoms with Gasteiger partial charge in [-0.1, -0.05) is 0 Å². The number of nitrogens with zero attached hydrogens (tertiary/aromatic N) is 2. The first-order chi connectivity index (χ1) is 14.4. The van der Waals surface area contributed by atoms with Crippen LogP contribution in [0.1, 0.15) is 52.5 Å². The average Bonchev–Trinajstić information content (AvgIpc) is 2.83. The van der Waals surface area contributed by atoms with Crippen molar-refractivity contribution in [3.63, 3.8) is 0 Å². The molecule has 31 heavy (non-hydrogen) atoms. The molecule has 0 spiro atoms. The lowest BCUT2D eigenvalue weighted by Crippen LogP contribution is -2.53. The number of carbonyl (C=O) groups excluding carboxylic acids is 1. The quantitative estimate of drug-likeness (QED) is 0.243. The van der Waals surface area contributed by atoms with Crippen molar-refractivity contribution in [2.45, 2.75) is 64.1 Å².